The summed E-state index contributed by atoms with van der Waals surface area (Å²) in [6, 6.07) is 5.90. The van der Waals surface area contributed by atoms with E-state index in [1.54, 1.807) is 0 Å². The Bertz CT molecular complexity index is 459. The molecule has 2 aromatic rings. The summed E-state index contributed by atoms with van der Waals surface area (Å²) >= 11 is 6.05. The molecule has 1 radical (unpaired) electrons. The van der Waals surface area contributed by atoms with E-state index >= 15 is 0 Å². The van der Waals surface area contributed by atoms with Crippen LogP contribution in [0.25, 0.3) is 11.0 Å². The molecule has 0 aliphatic carbocycles. The molecule has 0 amide bonds. The van der Waals surface area contributed by atoms with Crippen LogP contribution in [-0.2, 0) is 6.42 Å². The second-order valence-electron chi connectivity index (χ2n) is 4.04. The van der Waals surface area contributed by atoms with Gasteiger partial charge in [-0.2, -0.15) is 0 Å². The van der Waals surface area contributed by atoms with Gasteiger partial charge in [-0.15, -0.1) is 0 Å². The van der Waals surface area contributed by atoms with E-state index in [1.807, 2.05) is 18.4 Å². The van der Waals surface area contributed by atoms with Crippen molar-refractivity contribution in [2.75, 3.05) is 0 Å². The van der Waals surface area contributed by atoms with Gasteiger partial charge >= 0.3 is 0 Å². The number of fused-ring (bicyclic) bond motifs is 1. The molecule has 2 heteroatoms. The minimum atomic E-state index is 0.696. The van der Waals surface area contributed by atoms with E-state index in [0.717, 1.165) is 23.8 Å². The third kappa shape index (κ3) is 2.41. The second kappa shape index (κ2) is 5.40. The molecule has 0 aliphatic heterocycles. The number of para-hydroxylation sites is 1. The smallest absolute Gasteiger partial charge is 0.152 e. The Kier molecular flexibility index (Phi) is 3.89. The summed E-state index contributed by atoms with van der Waals surface area (Å²) in [5.41, 5.74) is 2.08. The lowest BCUT2D eigenvalue weighted by atomic mass is 10.1. The number of benzene rings is 1. The first-order chi connectivity index (χ1) is 7.83. The fourth-order valence-corrected chi connectivity index (χ4v) is 2.16. The predicted molar refractivity (Wildman–Crippen MR) is 68.8 cm³/mol. The Morgan fingerprint density at radius 3 is 2.88 bits per heavy atom. The number of aryl methyl sites for hydroxylation is 1. The zero-order valence-electron chi connectivity index (χ0n) is 9.34. The Balaban J connectivity index is 2.10. The molecular weight excluding hydrogens is 220 g/mol. The molecule has 0 fully saturated rings. The Hall–Kier alpha value is -0.950. The molecule has 16 heavy (non-hydrogen) atoms. The highest BCUT2D eigenvalue weighted by atomic mass is 35.5. The van der Waals surface area contributed by atoms with Crippen LogP contribution in [0.2, 0.25) is 5.02 Å². The van der Waals surface area contributed by atoms with Crippen molar-refractivity contribution < 1.29 is 4.42 Å². The summed E-state index contributed by atoms with van der Waals surface area (Å²) < 4.78 is 5.49. The first-order valence-electron chi connectivity index (χ1n) is 5.77. The summed E-state index contributed by atoms with van der Waals surface area (Å²) in [7, 11) is 0. The Labute approximate surface area is 101 Å². The van der Waals surface area contributed by atoms with Crippen molar-refractivity contribution in [2.45, 2.75) is 32.1 Å². The molecule has 0 bridgehead atoms. The van der Waals surface area contributed by atoms with Gasteiger partial charge in [-0.05, 0) is 24.5 Å². The Morgan fingerprint density at radius 1 is 1.19 bits per heavy atom. The van der Waals surface area contributed by atoms with E-state index in [2.05, 4.69) is 13.0 Å². The number of furan rings is 1. The van der Waals surface area contributed by atoms with E-state index in [-0.39, 0.29) is 0 Å². The third-order valence-electron chi connectivity index (χ3n) is 2.83. The second-order valence-corrected chi connectivity index (χ2v) is 4.45. The van der Waals surface area contributed by atoms with Crippen molar-refractivity contribution in [1.29, 1.82) is 0 Å². The van der Waals surface area contributed by atoms with Crippen LogP contribution < -0.4 is 0 Å². The normalized spacial score (nSPS) is 11.1. The van der Waals surface area contributed by atoms with Gasteiger partial charge in [0.2, 0.25) is 0 Å². The van der Waals surface area contributed by atoms with Crippen molar-refractivity contribution >= 4 is 22.6 Å². The fourth-order valence-electron chi connectivity index (χ4n) is 1.94. The lowest BCUT2D eigenvalue weighted by molar-refractivity contribution is 0.605. The molecule has 1 nitrogen and oxygen atoms in total. The lowest BCUT2D eigenvalue weighted by Crippen LogP contribution is -1.83. The van der Waals surface area contributed by atoms with Gasteiger partial charge in [-0.25, -0.2) is 0 Å². The van der Waals surface area contributed by atoms with Gasteiger partial charge < -0.3 is 4.42 Å². The largest absolute Gasteiger partial charge is 0.462 e. The van der Waals surface area contributed by atoms with Crippen molar-refractivity contribution in [2.24, 2.45) is 0 Å². The molecular formula is C14H16ClO. The summed E-state index contributed by atoms with van der Waals surface area (Å²) in [6.45, 7) is 3.85. The van der Waals surface area contributed by atoms with Crippen LogP contribution in [0.1, 0.15) is 31.2 Å². The highest BCUT2D eigenvalue weighted by molar-refractivity contribution is 6.34. The number of hydrogen-bond donors (Lipinski definition) is 0. The average molecular weight is 236 g/mol. The zero-order valence-corrected chi connectivity index (χ0v) is 10.1. The highest BCUT2D eigenvalue weighted by Gasteiger charge is 2.07. The molecule has 1 aromatic carbocycles. The fraction of sp³-hybridized carbons (Fsp3) is 0.357. The molecule has 0 atom stereocenters. The monoisotopic (exact) mass is 235 g/mol. The van der Waals surface area contributed by atoms with Crippen LogP contribution in [0.5, 0.6) is 0 Å². The van der Waals surface area contributed by atoms with Crippen LogP contribution in [0.4, 0.5) is 0 Å². The number of unbranched alkanes of at least 4 members (excludes halogenated alkanes) is 3. The summed E-state index contributed by atoms with van der Waals surface area (Å²) in [6.07, 6.45) is 7.55. The van der Waals surface area contributed by atoms with Crippen LogP contribution in [0.3, 0.4) is 0 Å². The highest BCUT2D eigenvalue weighted by Crippen LogP contribution is 2.28. The van der Waals surface area contributed by atoms with E-state index in [1.165, 1.54) is 24.8 Å². The maximum absolute atomic E-state index is 6.05. The molecule has 0 saturated carbocycles. The molecule has 0 saturated heterocycles. The molecule has 85 valence electrons. The van der Waals surface area contributed by atoms with Gasteiger partial charge in [0.1, 0.15) is 0 Å². The molecule has 2 rings (SSSR count). The first kappa shape index (κ1) is 11.5. The molecule has 0 spiro atoms. The summed E-state index contributed by atoms with van der Waals surface area (Å²) in [5, 5.41) is 1.85. The molecule has 0 unspecified atom stereocenters. The number of halogens is 1. The molecule has 1 heterocycles. The average Bonchev–Trinajstić information content (AvgIpc) is 2.70. The Morgan fingerprint density at radius 2 is 2.06 bits per heavy atom. The van der Waals surface area contributed by atoms with E-state index in [9.17, 15) is 0 Å². The van der Waals surface area contributed by atoms with Crippen molar-refractivity contribution in [3.8, 4) is 0 Å². The van der Waals surface area contributed by atoms with Crippen molar-refractivity contribution in [3.05, 3.63) is 42.0 Å². The number of hydrogen-bond acceptors (Lipinski definition) is 1. The molecule has 0 N–H and O–H groups in total. The SMILES string of the molecule is [CH2]CCCCCc1coc2c(Cl)cccc12. The van der Waals surface area contributed by atoms with E-state index in [0.29, 0.717) is 5.02 Å². The van der Waals surface area contributed by atoms with Crippen molar-refractivity contribution in [3.63, 3.8) is 0 Å². The van der Waals surface area contributed by atoms with Gasteiger partial charge in [0.15, 0.2) is 5.58 Å². The molecule has 0 aliphatic rings. The van der Waals surface area contributed by atoms with Gasteiger partial charge in [-0.3, -0.25) is 0 Å². The van der Waals surface area contributed by atoms with Gasteiger partial charge in [0.05, 0.1) is 11.3 Å². The van der Waals surface area contributed by atoms with Crippen LogP contribution in [0.15, 0.2) is 28.9 Å². The van der Waals surface area contributed by atoms with Crippen LogP contribution in [-0.4, -0.2) is 0 Å². The minimum Gasteiger partial charge on any atom is -0.462 e. The lowest BCUT2D eigenvalue weighted by Gasteiger charge is -1.98. The summed E-state index contributed by atoms with van der Waals surface area (Å²) in [4.78, 5) is 0. The topological polar surface area (TPSA) is 13.1 Å². The third-order valence-corrected chi connectivity index (χ3v) is 3.13. The van der Waals surface area contributed by atoms with Gasteiger partial charge in [0.25, 0.3) is 0 Å². The maximum atomic E-state index is 6.05. The van der Waals surface area contributed by atoms with Gasteiger partial charge in [-0.1, -0.05) is 49.9 Å². The van der Waals surface area contributed by atoms with Crippen molar-refractivity contribution in [1.82, 2.24) is 0 Å². The minimum absolute atomic E-state index is 0.696. The quantitative estimate of drug-likeness (QED) is 0.663. The summed E-state index contributed by atoms with van der Waals surface area (Å²) in [5.74, 6) is 0. The van der Waals surface area contributed by atoms with E-state index in [4.69, 9.17) is 16.0 Å². The first-order valence-corrected chi connectivity index (χ1v) is 6.14. The van der Waals surface area contributed by atoms with Crippen LogP contribution in [0, 0.1) is 6.92 Å². The zero-order chi connectivity index (χ0) is 11.4. The maximum Gasteiger partial charge on any atom is 0.152 e. The number of rotatable bonds is 5. The van der Waals surface area contributed by atoms with E-state index < -0.39 is 0 Å². The predicted octanol–water partition coefficient (Wildman–Crippen LogP) is 5.02. The standard InChI is InChI=1S/C14H16ClO/c1-2-3-4-5-7-11-10-16-14-12(11)8-6-9-13(14)15/h6,8-10H,1-5,7H2. The van der Waals surface area contributed by atoms with Gasteiger partial charge in [0, 0.05) is 5.39 Å². The van der Waals surface area contributed by atoms with Crippen LogP contribution >= 0.6 is 11.6 Å². The molecule has 1 aromatic heterocycles.